The maximum absolute atomic E-state index is 12.9. The van der Waals surface area contributed by atoms with Crippen LogP contribution < -0.4 is 5.32 Å². The third-order valence-corrected chi connectivity index (χ3v) is 7.60. The van der Waals surface area contributed by atoms with Crippen LogP contribution in [0.1, 0.15) is 48.2 Å². The molecule has 1 amide bonds. The number of aryl methyl sites for hydroxylation is 2. The summed E-state index contributed by atoms with van der Waals surface area (Å²) in [5.74, 6) is -2.01. The van der Waals surface area contributed by atoms with Crippen LogP contribution in [0.25, 0.3) is 10.6 Å². The predicted molar refractivity (Wildman–Crippen MR) is 104 cm³/mol. The SMILES string of the molecule is Cc1csc(-c2c(NC(=O)[C@@H]3CCCC[C@H]3C(=O)O)sc3c2CCC3)n1. The third kappa shape index (κ3) is 3.18. The van der Waals surface area contributed by atoms with Gasteiger partial charge in [-0.15, -0.1) is 22.7 Å². The van der Waals surface area contributed by atoms with Crippen molar-refractivity contribution in [3.63, 3.8) is 0 Å². The highest BCUT2D eigenvalue weighted by Gasteiger charge is 2.36. The van der Waals surface area contributed by atoms with Crippen LogP contribution in [0.5, 0.6) is 0 Å². The molecule has 0 spiro atoms. The van der Waals surface area contributed by atoms with Crippen molar-refractivity contribution in [2.75, 3.05) is 5.32 Å². The van der Waals surface area contributed by atoms with E-state index in [1.165, 1.54) is 10.4 Å². The lowest BCUT2D eigenvalue weighted by molar-refractivity contribution is -0.147. The molecule has 0 bridgehead atoms. The minimum atomic E-state index is -0.853. The number of amides is 1. The Hall–Kier alpha value is -1.73. The monoisotopic (exact) mass is 390 g/mol. The molecule has 2 aromatic heterocycles. The Labute approximate surface area is 160 Å². The Kier molecular flexibility index (Phi) is 4.84. The number of fused-ring (bicyclic) bond motifs is 1. The largest absolute Gasteiger partial charge is 0.481 e. The number of hydrogen-bond donors (Lipinski definition) is 2. The van der Waals surface area contributed by atoms with E-state index in [2.05, 4.69) is 10.3 Å². The van der Waals surface area contributed by atoms with Gasteiger partial charge in [-0.1, -0.05) is 12.8 Å². The number of thiazole rings is 1. The lowest BCUT2D eigenvalue weighted by Crippen LogP contribution is -2.36. The Balaban J connectivity index is 1.64. The maximum atomic E-state index is 12.9. The Morgan fingerprint density at radius 2 is 1.96 bits per heavy atom. The Morgan fingerprint density at radius 3 is 2.65 bits per heavy atom. The molecule has 7 heteroatoms. The molecule has 2 N–H and O–H groups in total. The molecule has 1 fully saturated rings. The number of carboxylic acids is 1. The number of carbonyl (C=O) groups excluding carboxylic acids is 1. The molecule has 2 aromatic rings. The zero-order chi connectivity index (χ0) is 18.3. The summed E-state index contributed by atoms with van der Waals surface area (Å²) in [6.45, 7) is 1.98. The molecule has 4 rings (SSSR count). The van der Waals surface area contributed by atoms with Gasteiger partial charge in [0, 0.05) is 21.5 Å². The zero-order valence-electron chi connectivity index (χ0n) is 14.7. The summed E-state index contributed by atoms with van der Waals surface area (Å²) in [7, 11) is 0. The van der Waals surface area contributed by atoms with E-state index in [1.54, 1.807) is 22.7 Å². The topological polar surface area (TPSA) is 79.3 Å². The summed E-state index contributed by atoms with van der Waals surface area (Å²) in [6, 6.07) is 0. The van der Waals surface area contributed by atoms with Gasteiger partial charge in [0.1, 0.15) is 10.0 Å². The van der Waals surface area contributed by atoms with E-state index in [-0.39, 0.29) is 5.91 Å². The van der Waals surface area contributed by atoms with E-state index in [0.29, 0.717) is 12.8 Å². The van der Waals surface area contributed by atoms with Crippen LogP contribution in [0.4, 0.5) is 5.00 Å². The molecule has 26 heavy (non-hydrogen) atoms. The minimum Gasteiger partial charge on any atom is -0.481 e. The lowest BCUT2D eigenvalue weighted by Gasteiger charge is -2.27. The lowest BCUT2D eigenvalue weighted by atomic mass is 9.79. The Morgan fingerprint density at radius 1 is 1.19 bits per heavy atom. The first-order chi connectivity index (χ1) is 12.5. The van der Waals surface area contributed by atoms with E-state index in [1.807, 2.05) is 12.3 Å². The average Bonchev–Trinajstić information content (AvgIpc) is 3.30. The van der Waals surface area contributed by atoms with Gasteiger partial charge >= 0.3 is 5.97 Å². The second kappa shape index (κ2) is 7.12. The average molecular weight is 391 g/mol. The number of carbonyl (C=O) groups is 2. The van der Waals surface area contributed by atoms with E-state index in [0.717, 1.165) is 53.4 Å². The second-order valence-electron chi connectivity index (χ2n) is 7.18. The third-order valence-electron chi connectivity index (χ3n) is 5.41. The van der Waals surface area contributed by atoms with Gasteiger partial charge in [-0.05, 0) is 44.6 Å². The molecular formula is C19H22N2O3S2. The number of nitrogens with zero attached hydrogens (tertiary/aromatic N) is 1. The number of aromatic nitrogens is 1. The highest BCUT2D eigenvalue weighted by atomic mass is 32.1. The highest BCUT2D eigenvalue weighted by molar-refractivity contribution is 7.18. The van der Waals surface area contributed by atoms with Crippen LogP contribution in [0.15, 0.2) is 5.38 Å². The molecular weight excluding hydrogens is 368 g/mol. The normalized spacial score (nSPS) is 22.2. The zero-order valence-corrected chi connectivity index (χ0v) is 16.3. The first kappa shape index (κ1) is 17.7. The molecule has 0 saturated heterocycles. The molecule has 5 nitrogen and oxygen atoms in total. The standard InChI is InChI=1S/C19H22N2O3S2/c1-10-9-25-17(20-10)15-13-7-4-8-14(13)26-18(15)21-16(22)11-5-2-3-6-12(11)19(23)24/h9,11-12H,2-8H2,1H3,(H,21,22)(H,23,24)/t11-,12-/m1/s1. The number of thiophene rings is 1. The van der Waals surface area contributed by atoms with Gasteiger partial charge in [0.15, 0.2) is 0 Å². The number of rotatable bonds is 4. The number of anilines is 1. The van der Waals surface area contributed by atoms with Gasteiger partial charge in [-0.25, -0.2) is 4.98 Å². The van der Waals surface area contributed by atoms with Crippen LogP contribution in [0.3, 0.4) is 0 Å². The molecule has 0 aliphatic heterocycles. The number of nitrogens with one attached hydrogen (secondary N) is 1. The van der Waals surface area contributed by atoms with Crippen molar-refractivity contribution < 1.29 is 14.7 Å². The van der Waals surface area contributed by atoms with Crippen LogP contribution in [0, 0.1) is 18.8 Å². The number of aliphatic carboxylic acids is 1. The molecule has 0 radical (unpaired) electrons. The van der Waals surface area contributed by atoms with E-state index >= 15 is 0 Å². The molecule has 1 saturated carbocycles. The molecule has 2 heterocycles. The van der Waals surface area contributed by atoms with Crippen molar-refractivity contribution in [2.45, 2.75) is 51.9 Å². The van der Waals surface area contributed by atoms with Gasteiger partial charge in [0.2, 0.25) is 5.91 Å². The summed E-state index contributed by atoms with van der Waals surface area (Å²) in [4.78, 5) is 30.4. The molecule has 138 valence electrons. The second-order valence-corrected chi connectivity index (χ2v) is 9.14. The first-order valence-electron chi connectivity index (χ1n) is 9.15. The van der Waals surface area contributed by atoms with E-state index in [9.17, 15) is 14.7 Å². The molecule has 2 atom stereocenters. The molecule has 2 aliphatic carbocycles. The summed E-state index contributed by atoms with van der Waals surface area (Å²) in [5, 5.41) is 16.4. The molecule has 0 unspecified atom stereocenters. The molecule has 2 aliphatic rings. The van der Waals surface area contributed by atoms with Crippen LogP contribution in [0.2, 0.25) is 0 Å². The summed E-state index contributed by atoms with van der Waals surface area (Å²) in [5.41, 5.74) is 3.37. The highest BCUT2D eigenvalue weighted by Crippen LogP contribution is 2.46. The first-order valence-corrected chi connectivity index (χ1v) is 10.8. The summed E-state index contributed by atoms with van der Waals surface area (Å²) in [6.07, 6.45) is 6.27. The van der Waals surface area contributed by atoms with E-state index in [4.69, 9.17) is 0 Å². The number of carboxylic acid groups (broad SMARTS) is 1. The van der Waals surface area contributed by atoms with Gasteiger partial charge in [-0.3, -0.25) is 9.59 Å². The van der Waals surface area contributed by atoms with Gasteiger partial charge in [0.25, 0.3) is 0 Å². The summed E-state index contributed by atoms with van der Waals surface area (Å²) >= 11 is 3.25. The maximum Gasteiger partial charge on any atom is 0.307 e. The van der Waals surface area contributed by atoms with Crippen molar-refractivity contribution in [2.24, 2.45) is 11.8 Å². The van der Waals surface area contributed by atoms with Crippen LogP contribution >= 0.6 is 22.7 Å². The van der Waals surface area contributed by atoms with Crippen molar-refractivity contribution in [3.8, 4) is 10.6 Å². The van der Waals surface area contributed by atoms with Gasteiger partial charge in [0.05, 0.1) is 11.8 Å². The number of hydrogen-bond acceptors (Lipinski definition) is 5. The van der Waals surface area contributed by atoms with Gasteiger partial charge in [-0.2, -0.15) is 0 Å². The fraction of sp³-hybridized carbons (Fsp3) is 0.526. The molecule has 0 aromatic carbocycles. The quantitative estimate of drug-likeness (QED) is 0.806. The summed E-state index contributed by atoms with van der Waals surface area (Å²) < 4.78 is 0. The van der Waals surface area contributed by atoms with Crippen LogP contribution in [-0.2, 0) is 22.4 Å². The fourth-order valence-corrected chi connectivity index (χ4v) is 6.37. The van der Waals surface area contributed by atoms with E-state index < -0.39 is 17.8 Å². The van der Waals surface area contributed by atoms with Crippen molar-refractivity contribution in [1.82, 2.24) is 4.98 Å². The van der Waals surface area contributed by atoms with Crippen molar-refractivity contribution in [1.29, 1.82) is 0 Å². The fourth-order valence-electron chi connectivity index (χ4n) is 4.13. The van der Waals surface area contributed by atoms with Crippen molar-refractivity contribution in [3.05, 3.63) is 21.5 Å². The van der Waals surface area contributed by atoms with Gasteiger partial charge < -0.3 is 10.4 Å². The Bertz CT molecular complexity index is 855. The minimum absolute atomic E-state index is 0.147. The predicted octanol–water partition coefficient (Wildman–Crippen LogP) is 4.50. The van der Waals surface area contributed by atoms with Crippen LogP contribution in [-0.4, -0.2) is 22.0 Å². The smallest absolute Gasteiger partial charge is 0.307 e. The van der Waals surface area contributed by atoms with Crippen molar-refractivity contribution >= 4 is 39.6 Å².